The van der Waals surface area contributed by atoms with E-state index < -0.39 is 28.5 Å². The van der Waals surface area contributed by atoms with Gasteiger partial charge in [0.2, 0.25) is 11.8 Å². The summed E-state index contributed by atoms with van der Waals surface area (Å²) in [5, 5.41) is 3.67. The number of hydrogen-bond donors (Lipinski definition) is 1. The summed E-state index contributed by atoms with van der Waals surface area (Å²) >= 11 is 6.10. The van der Waals surface area contributed by atoms with Gasteiger partial charge in [-0.05, 0) is 68.1 Å². The first-order chi connectivity index (χ1) is 20.2. The van der Waals surface area contributed by atoms with Crippen LogP contribution in [0.3, 0.4) is 0 Å². The first-order valence-corrected chi connectivity index (χ1v) is 16.2. The topological polar surface area (TPSA) is 96.0 Å². The van der Waals surface area contributed by atoms with E-state index in [4.69, 9.17) is 16.3 Å². The molecule has 10 heteroatoms. The van der Waals surface area contributed by atoms with Gasteiger partial charge in [0.1, 0.15) is 18.3 Å². The fraction of sp³-hybridized carbons (Fsp3) is 0.375. The van der Waals surface area contributed by atoms with E-state index in [1.807, 2.05) is 6.92 Å². The van der Waals surface area contributed by atoms with E-state index in [9.17, 15) is 18.0 Å². The number of carbonyl (C=O) groups excluding carboxylic acids is 2. The van der Waals surface area contributed by atoms with Gasteiger partial charge in [-0.1, -0.05) is 73.8 Å². The van der Waals surface area contributed by atoms with Crippen LogP contribution in [0.15, 0.2) is 83.8 Å². The molecule has 3 aromatic carbocycles. The van der Waals surface area contributed by atoms with Gasteiger partial charge < -0.3 is 15.0 Å². The lowest BCUT2D eigenvalue weighted by Gasteiger charge is -2.34. The van der Waals surface area contributed by atoms with Crippen LogP contribution in [0.5, 0.6) is 5.75 Å². The Bertz CT molecular complexity index is 1440. The van der Waals surface area contributed by atoms with Gasteiger partial charge in [-0.3, -0.25) is 13.9 Å². The Morgan fingerprint density at radius 1 is 0.952 bits per heavy atom. The number of rotatable bonds is 13. The lowest BCUT2D eigenvalue weighted by molar-refractivity contribution is -0.140. The lowest BCUT2D eigenvalue weighted by Crippen LogP contribution is -2.53. The van der Waals surface area contributed by atoms with Gasteiger partial charge in [0.15, 0.2) is 0 Å². The van der Waals surface area contributed by atoms with Crippen molar-refractivity contribution in [1.29, 1.82) is 0 Å². The monoisotopic (exact) mass is 611 g/mol. The smallest absolute Gasteiger partial charge is 0.264 e. The molecule has 2 amide bonds. The molecule has 1 fully saturated rings. The molecule has 0 aliphatic heterocycles. The highest BCUT2D eigenvalue weighted by Gasteiger charge is 2.35. The number of hydrogen-bond acceptors (Lipinski definition) is 5. The number of para-hydroxylation sites is 2. The SMILES string of the molecule is CCOc1ccccc1N(CC(=O)N(Cc1ccc(Cl)cc1)[C@@H](CC)C(=O)NC1CCCC1)S(=O)(=O)c1ccccc1. The zero-order valence-corrected chi connectivity index (χ0v) is 25.6. The van der Waals surface area contributed by atoms with Gasteiger partial charge in [-0.25, -0.2) is 8.42 Å². The molecule has 0 bridgehead atoms. The summed E-state index contributed by atoms with van der Waals surface area (Å²) in [6.07, 6.45) is 4.29. The van der Waals surface area contributed by atoms with Gasteiger partial charge in [0.25, 0.3) is 10.0 Å². The second-order valence-corrected chi connectivity index (χ2v) is 12.6. The molecule has 0 aromatic heterocycles. The molecule has 0 heterocycles. The number of sulfonamides is 1. The Balaban J connectivity index is 1.74. The fourth-order valence-electron chi connectivity index (χ4n) is 5.25. The molecule has 0 saturated heterocycles. The van der Waals surface area contributed by atoms with E-state index in [-0.39, 0.29) is 29.1 Å². The number of amides is 2. The molecular weight excluding hydrogens is 574 g/mol. The van der Waals surface area contributed by atoms with Gasteiger partial charge in [-0.15, -0.1) is 0 Å². The summed E-state index contributed by atoms with van der Waals surface area (Å²) < 4.78 is 35.0. The van der Waals surface area contributed by atoms with Crippen molar-refractivity contribution in [3.8, 4) is 5.75 Å². The van der Waals surface area contributed by atoms with E-state index in [2.05, 4.69) is 5.32 Å². The number of ether oxygens (including phenoxy) is 1. The van der Waals surface area contributed by atoms with E-state index in [0.717, 1.165) is 35.6 Å². The highest BCUT2D eigenvalue weighted by atomic mass is 35.5. The number of nitrogens with one attached hydrogen (secondary N) is 1. The third-order valence-corrected chi connectivity index (χ3v) is 9.42. The molecule has 8 nitrogen and oxygen atoms in total. The Labute approximate surface area is 253 Å². The minimum atomic E-state index is -4.19. The van der Waals surface area contributed by atoms with E-state index in [1.165, 1.54) is 17.0 Å². The van der Waals surface area contributed by atoms with Gasteiger partial charge in [0.05, 0.1) is 17.2 Å². The van der Waals surface area contributed by atoms with Crippen molar-refractivity contribution < 1.29 is 22.7 Å². The standard InChI is InChI=1S/C32H38ClN3O5S/c1-3-28(32(38)34-26-12-8-9-13-26)35(22-24-18-20-25(33)21-19-24)31(37)23-36(29-16-10-11-17-30(29)41-4-2)42(39,40)27-14-6-5-7-15-27/h5-7,10-11,14-21,26,28H,3-4,8-9,12-13,22-23H2,1-2H3,(H,34,38)/t28-/m0/s1. The molecule has 42 heavy (non-hydrogen) atoms. The van der Waals surface area contributed by atoms with Crippen LogP contribution >= 0.6 is 11.6 Å². The highest BCUT2D eigenvalue weighted by molar-refractivity contribution is 7.92. The zero-order chi connectivity index (χ0) is 30.1. The minimum Gasteiger partial charge on any atom is -0.492 e. The van der Waals surface area contributed by atoms with Crippen LogP contribution in [0.25, 0.3) is 0 Å². The van der Waals surface area contributed by atoms with Crippen molar-refractivity contribution in [3.63, 3.8) is 0 Å². The van der Waals surface area contributed by atoms with Crippen molar-refractivity contribution in [2.45, 2.75) is 69.5 Å². The van der Waals surface area contributed by atoms with Crippen LogP contribution in [-0.2, 0) is 26.2 Å². The van der Waals surface area contributed by atoms with Crippen LogP contribution in [0.1, 0.15) is 51.5 Å². The maximum Gasteiger partial charge on any atom is 0.264 e. The van der Waals surface area contributed by atoms with Crippen LogP contribution in [0.2, 0.25) is 5.02 Å². The quantitative estimate of drug-likeness (QED) is 0.264. The van der Waals surface area contributed by atoms with Crippen LogP contribution in [0, 0.1) is 0 Å². The van der Waals surface area contributed by atoms with Gasteiger partial charge >= 0.3 is 0 Å². The number of nitrogens with zero attached hydrogens (tertiary/aromatic N) is 2. The fourth-order valence-corrected chi connectivity index (χ4v) is 6.82. The Morgan fingerprint density at radius 2 is 1.60 bits per heavy atom. The van der Waals surface area contributed by atoms with E-state index in [0.29, 0.717) is 23.8 Å². The minimum absolute atomic E-state index is 0.0411. The zero-order valence-electron chi connectivity index (χ0n) is 24.0. The predicted octanol–water partition coefficient (Wildman–Crippen LogP) is 5.80. The third-order valence-electron chi connectivity index (χ3n) is 7.40. The molecule has 1 N–H and O–H groups in total. The molecule has 0 radical (unpaired) electrons. The molecule has 1 saturated carbocycles. The molecule has 4 rings (SSSR count). The van der Waals surface area contributed by atoms with Crippen molar-refractivity contribution in [1.82, 2.24) is 10.2 Å². The summed E-state index contributed by atoms with van der Waals surface area (Å²) in [7, 11) is -4.19. The largest absolute Gasteiger partial charge is 0.492 e. The van der Waals surface area contributed by atoms with E-state index >= 15 is 0 Å². The average Bonchev–Trinajstić information content (AvgIpc) is 3.50. The molecular formula is C32H38ClN3O5S. The number of carbonyl (C=O) groups is 2. The summed E-state index contributed by atoms with van der Waals surface area (Å²) in [6.45, 7) is 3.55. The first kappa shape index (κ1) is 31.4. The van der Waals surface area contributed by atoms with Crippen LogP contribution in [0.4, 0.5) is 5.69 Å². The second kappa shape index (κ2) is 14.6. The first-order valence-electron chi connectivity index (χ1n) is 14.4. The number of benzene rings is 3. The second-order valence-electron chi connectivity index (χ2n) is 10.3. The van der Waals surface area contributed by atoms with Crippen molar-refractivity contribution in [2.24, 2.45) is 0 Å². The van der Waals surface area contributed by atoms with Crippen LogP contribution < -0.4 is 14.4 Å². The number of halogens is 1. The summed E-state index contributed by atoms with van der Waals surface area (Å²) in [5.74, 6) is -0.411. The van der Waals surface area contributed by atoms with Crippen molar-refractivity contribution in [2.75, 3.05) is 17.5 Å². The lowest BCUT2D eigenvalue weighted by atomic mass is 10.1. The maximum absolute atomic E-state index is 14.3. The number of anilines is 1. The summed E-state index contributed by atoms with van der Waals surface area (Å²) in [5.41, 5.74) is 1.01. The molecule has 1 aliphatic rings. The van der Waals surface area contributed by atoms with Gasteiger partial charge in [0, 0.05) is 17.6 Å². The third kappa shape index (κ3) is 7.63. The Hall–Kier alpha value is -3.56. The Morgan fingerprint density at radius 3 is 2.24 bits per heavy atom. The maximum atomic E-state index is 14.3. The Kier molecular flexibility index (Phi) is 10.9. The van der Waals surface area contributed by atoms with Crippen molar-refractivity contribution in [3.05, 3.63) is 89.4 Å². The molecule has 1 aliphatic carbocycles. The summed E-state index contributed by atoms with van der Waals surface area (Å²) in [6, 6.07) is 21.0. The van der Waals surface area contributed by atoms with Gasteiger partial charge in [-0.2, -0.15) is 0 Å². The molecule has 224 valence electrons. The molecule has 0 spiro atoms. The normalized spacial score (nSPS) is 14.3. The summed E-state index contributed by atoms with van der Waals surface area (Å²) in [4.78, 5) is 29.3. The molecule has 1 atom stereocenters. The van der Waals surface area contributed by atoms with Crippen LogP contribution in [-0.4, -0.2) is 50.4 Å². The molecule has 3 aromatic rings. The predicted molar refractivity (Wildman–Crippen MR) is 165 cm³/mol. The average molecular weight is 612 g/mol. The highest BCUT2D eigenvalue weighted by Crippen LogP contribution is 2.33. The van der Waals surface area contributed by atoms with E-state index in [1.54, 1.807) is 73.7 Å². The van der Waals surface area contributed by atoms with Crippen molar-refractivity contribution >= 4 is 39.1 Å². The molecule has 0 unspecified atom stereocenters.